The van der Waals surface area contributed by atoms with Gasteiger partial charge < -0.3 is 14.7 Å². The average Bonchev–Trinajstić information content (AvgIpc) is 3.31. The summed E-state index contributed by atoms with van der Waals surface area (Å²) in [6.07, 6.45) is 1.74. The topological polar surface area (TPSA) is 65.9 Å². The lowest BCUT2D eigenvalue weighted by molar-refractivity contribution is -0.130. The Balaban J connectivity index is 1.14. The predicted octanol–water partition coefficient (Wildman–Crippen LogP) is 3.65. The molecule has 3 aromatic rings. The van der Waals surface area contributed by atoms with Crippen molar-refractivity contribution in [3.05, 3.63) is 54.1 Å². The van der Waals surface area contributed by atoms with Crippen molar-refractivity contribution in [3.63, 3.8) is 0 Å². The Bertz CT molecular complexity index is 995. The lowest BCUT2D eigenvalue weighted by atomic mass is 10.0. The molecule has 1 aromatic heterocycles. The number of hydrogen-bond acceptors (Lipinski definition) is 6. The molecule has 156 valence electrons. The van der Waals surface area contributed by atoms with Gasteiger partial charge in [0.05, 0.1) is 22.7 Å². The number of carbonyl (C=O) groups is 1. The van der Waals surface area contributed by atoms with Crippen LogP contribution in [0.2, 0.25) is 0 Å². The summed E-state index contributed by atoms with van der Waals surface area (Å²) in [5.41, 5.74) is 2.21. The quantitative estimate of drug-likeness (QED) is 0.679. The van der Waals surface area contributed by atoms with E-state index in [1.165, 1.54) is 5.56 Å². The maximum atomic E-state index is 12.0. The van der Waals surface area contributed by atoms with E-state index in [1.54, 1.807) is 11.3 Å². The van der Waals surface area contributed by atoms with Crippen molar-refractivity contribution in [1.29, 1.82) is 0 Å². The van der Waals surface area contributed by atoms with Gasteiger partial charge in [0.25, 0.3) is 5.19 Å². The van der Waals surface area contributed by atoms with Crippen molar-refractivity contribution >= 4 is 27.5 Å². The number of hydrogen-bond donors (Lipinski definition) is 1. The summed E-state index contributed by atoms with van der Waals surface area (Å²) < 4.78 is 7.06. The molecular weight excluding hydrogens is 398 g/mol. The number of likely N-dealkylation sites (tertiary alicyclic amines) is 2. The first-order chi connectivity index (χ1) is 14.6. The van der Waals surface area contributed by atoms with E-state index >= 15 is 0 Å². The summed E-state index contributed by atoms with van der Waals surface area (Å²) in [4.78, 5) is 20.8. The van der Waals surface area contributed by atoms with E-state index in [0.717, 1.165) is 48.4 Å². The second-order valence-electron chi connectivity index (χ2n) is 8.10. The number of para-hydroxylation sites is 1. The van der Waals surface area contributed by atoms with E-state index in [4.69, 9.17) is 4.74 Å². The Hall–Kier alpha value is -2.48. The number of benzene rings is 2. The Kier molecular flexibility index (Phi) is 5.41. The zero-order valence-electron chi connectivity index (χ0n) is 16.7. The first kappa shape index (κ1) is 19.5. The zero-order valence-corrected chi connectivity index (χ0v) is 17.6. The largest absolute Gasteiger partial charge is 0.431 e. The van der Waals surface area contributed by atoms with Gasteiger partial charge in [0.2, 0.25) is 5.91 Å². The van der Waals surface area contributed by atoms with E-state index in [-0.39, 0.29) is 18.4 Å². The fraction of sp³-hybridized carbons (Fsp3) is 0.391. The highest BCUT2D eigenvalue weighted by Gasteiger charge is 2.34. The summed E-state index contributed by atoms with van der Waals surface area (Å²) in [6, 6.07) is 16.5. The number of rotatable bonds is 5. The highest BCUT2D eigenvalue weighted by atomic mass is 32.1. The molecule has 3 heterocycles. The third kappa shape index (κ3) is 4.19. The number of aromatic nitrogens is 1. The number of thiazole rings is 1. The smallest absolute Gasteiger partial charge is 0.279 e. The van der Waals surface area contributed by atoms with Gasteiger partial charge in [0, 0.05) is 32.2 Å². The molecule has 0 radical (unpaired) electrons. The minimum Gasteiger partial charge on any atom is -0.431 e. The van der Waals surface area contributed by atoms with Crippen LogP contribution in [-0.4, -0.2) is 57.6 Å². The SMILES string of the molecule is O=C1C[C@H](O)CN1C1CCN(Cc2ccc(Oc3nc4ccccc4s3)cc2)CC1. The summed E-state index contributed by atoms with van der Waals surface area (Å²) >= 11 is 1.55. The second-order valence-corrected chi connectivity index (χ2v) is 9.10. The van der Waals surface area contributed by atoms with Gasteiger partial charge in [-0.2, -0.15) is 0 Å². The number of β-amino-alcohol motifs (C(OH)–C–C–N with tert-alkyl or cyclic N) is 1. The van der Waals surface area contributed by atoms with E-state index in [0.29, 0.717) is 11.7 Å². The van der Waals surface area contributed by atoms with Gasteiger partial charge in [0.15, 0.2) is 0 Å². The third-order valence-electron chi connectivity index (χ3n) is 5.94. The molecule has 6 nitrogen and oxygen atoms in total. The molecule has 2 aromatic carbocycles. The van der Waals surface area contributed by atoms with Crippen LogP contribution in [0.4, 0.5) is 0 Å². The number of aliphatic hydroxyl groups excluding tert-OH is 1. The van der Waals surface area contributed by atoms with E-state index < -0.39 is 6.10 Å². The van der Waals surface area contributed by atoms with E-state index in [9.17, 15) is 9.90 Å². The summed E-state index contributed by atoms with van der Waals surface area (Å²) in [5, 5.41) is 10.4. The van der Waals surface area contributed by atoms with Crippen LogP contribution in [0.3, 0.4) is 0 Å². The molecule has 2 fully saturated rings. The number of fused-ring (bicyclic) bond motifs is 1. The van der Waals surface area contributed by atoms with Gasteiger partial charge in [0.1, 0.15) is 5.75 Å². The fourth-order valence-electron chi connectivity index (χ4n) is 4.37. The molecule has 0 aliphatic carbocycles. The van der Waals surface area contributed by atoms with Crippen LogP contribution >= 0.6 is 11.3 Å². The molecule has 1 atom stereocenters. The number of ether oxygens (including phenoxy) is 1. The minimum atomic E-state index is -0.487. The predicted molar refractivity (Wildman–Crippen MR) is 117 cm³/mol. The van der Waals surface area contributed by atoms with Crippen molar-refractivity contribution in [3.8, 4) is 10.9 Å². The summed E-state index contributed by atoms with van der Waals surface area (Å²) in [6.45, 7) is 3.33. The molecule has 0 saturated carbocycles. The Morgan fingerprint density at radius 2 is 1.87 bits per heavy atom. The van der Waals surface area contributed by atoms with Crippen molar-refractivity contribution in [2.24, 2.45) is 0 Å². The van der Waals surface area contributed by atoms with Gasteiger partial charge in [-0.3, -0.25) is 9.69 Å². The first-order valence-corrected chi connectivity index (χ1v) is 11.3. The molecule has 30 heavy (non-hydrogen) atoms. The third-order valence-corrected chi connectivity index (χ3v) is 6.86. The number of amides is 1. The summed E-state index contributed by atoms with van der Waals surface area (Å²) in [5.74, 6) is 0.896. The minimum absolute atomic E-state index is 0.102. The maximum absolute atomic E-state index is 12.0. The number of nitrogens with zero attached hydrogens (tertiary/aromatic N) is 3. The highest BCUT2D eigenvalue weighted by Crippen LogP contribution is 2.31. The molecule has 5 rings (SSSR count). The molecule has 2 aliphatic rings. The maximum Gasteiger partial charge on any atom is 0.279 e. The van der Waals surface area contributed by atoms with E-state index in [1.807, 2.05) is 41.3 Å². The van der Waals surface area contributed by atoms with Crippen LogP contribution in [-0.2, 0) is 11.3 Å². The molecule has 2 aliphatic heterocycles. The number of piperidine rings is 1. The van der Waals surface area contributed by atoms with Crippen molar-refractivity contribution < 1.29 is 14.6 Å². The van der Waals surface area contributed by atoms with Gasteiger partial charge in [-0.05, 0) is 42.7 Å². The number of carbonyl (C=O) groups excluding carboxylic acids is 1. The van der Waals surface area contributed by atoms with Crippen LogP contribution in [0.5, 0.6) is 10.9 Å². The van der Waals surface area contributed by atoms with Crippen molar-refractivity contribution in [2.75, 3.05) is 19.6 Å². The molecule has 2 saturated heterocycles. The van der Waals surface area contributed by atoms with E-state index in [2.05, 4.69) is 22.0 Å². The van der Waals surface area contributed by atoms with Crippen LogP contribution in [0.15, 0.2) is 48.5 Å². The van der Waals surface area contributed by atoms with Gasteiger partial charge in [-0.15, -0.1) is 0 Å². The molecular formula is C23H25N3O3S. The monoisotopic (exact) mass is 423 g/mol. The fourth-order valence-corrected chi connectivity index (χ4v) is 5.21. The molecule has 0 spiro atoms. The molecule has 1 amide bonds. The molecule has 7 heteroatoms. The first-order valence-electron chi connectivity index (χ1n) is 10.5. The van der Waals surface area contributed by atoms with Gasteiger partial charge in [-0.25, -0.2) is 4.98 Å². The van der Waals surface area contributed by atoms with Crippen LogP contribution < -0.4 is 4.74 Å². The Morgan fingerprint density at radius 1 is 1.10 bits per heavy atom. The lowest BCUT2D eigenvalue weighted by Crippen LogP contribution is -2.45. The molecule has 0 unspecified atom stereocenters. The van der Waals surface area contributed by atoms with Gasteiger partial charge in [-0.1, -0.05) is 35.6 Å². The van der Waals surface area contributed by atoms with Gasteiger partial charge >= 0.3 is 0 Å². The zero-order chi connectivity index (χ0) is 20.5. The molecule has 1 N–H and O–H groups in total. The Labute approximate surface area is 179 Å². The Morgan fingerprint density at radius 3 is 2.57 bits per heavy atom. The number of aliphatic hydroxyl groups is 1. The van der Waals surface area contributed by atoms with Crippen LogP contribution in [0.25, 0.3) is 10.2 Å². The van der Waals surface area contributed by atoms with Crippen LogP contribution in [0, 0.1) is 0 Å². The van der Waals surface area contributed by atoms with Crippen molar-refractivity contribution in [2.45, 2.75) is 38.0 Å². The normalized spacial score (nSPS) is 20.9. The standard InChI is InChI=1S/C23H25N3O3S/c27-18-13-22(28)26(15-18)17-9-11-25(12-10-17)14-16-5-7-19(8-6-16)29-23-24-20-3-1-2-4-21(20)30-23/h1-8,17-18,27H,9-15H2/t18-/m0/s1. The lowest BCUT2D eigenvalue weighted by Gasteiger charge is -2.36. The van der Waals surface area contributed by atoms with Crippen molar-refractivity contribution in [1.82, 2.24) is 14.8 Å². The highest BCUT2D eigenvalue weighted by molar-refractivity contribution is 7.20. The second kappa shape index (κ2) is 8.34. The average molecular weight is 424 g/mol. The van der Waals surface area contributed by atoms with Crippen LogP contribution in [0.1, 0.15) is 24.8 Å². The molecule has 0 bridgehead atoms. The summed E-state index contributed by atoms with van der Waals surface area (Å²) in [7, 11) is 0.